The zero-order chi connectivity index (χ0) is 26.0. The van der Waals surface area contributed by atoms with Crippen LogP contribution in [0, 0.1) is 20.4 Å². The standard InChI is InChI=1S/C28H21F3N2O3/c1-17-4-5-20(18(2)14-17)16-33-25(15-24(28(29,30)31)26(32-3)27(33)35)19-6-10-22(11-7-19)36-23-12-8-21(34)9-13-23/h4-15,34H,16H2,1-2H3. The Labute approximate surface area is 205 Å². The molecule has 0 bridgehead atoms. The van der Waals surface area contributed by atoms with E-state index in [1.807, 2.05) is 32.0 Å². The van der Waals surface area contributed by atoms with Crippen molar-refractivity contribution in [1.29, 1.82) is 0 Å². The summed E-state index contributed by atoms with van der Waals surface area (Å²) in [4.78, 5) is 16.1. The van der Waals surface area contributed by atoms with E-state index >= 15 is 0 Å². The fraction of sp³-hybridized carbons (Fsp3) is 0.143. The van der Waals surface area contributed by atoms with Crippen LogP contribution in [0.5, 0.6) is 17.2 Å². The predicted octanol–water partition coefficient (Wildman–Crippen LogP) is 7.25. The van der Waals surface area contributed by atoms with E-state index < -0.39 is 23.0 Å². The van der Waals surface area contributed by atoms with Gasteiger partial charge in [-0.25, -0.2) is 4.85 Å². The summed E-state index contributed by atoms with van der Waals surface area (Å²) in [5.74, 6) is 0.970. The van der Waals surface area contributed by atoms with Crippen molar-refractivity contribution in [3.05, 3.63) is 117 Å². The van der Waals surface area contributed by atoms with Crippen LogP contribution < -0.4 is 10.3 Å². The number of nitrogens with zero attached hydrogens (tertiary/aromatic N) is 2. The van der Waals surface area contributed by atoms with Crippen molar-refractivity contribution in [3.8, 4) is 28.5 Å². The van der Waals surface area contributed by atoms with E-state index in [0.29, 0.717) is 17.1 Å². The normalized spacial score (nSPS) is 11.2. The number of benzene rings is 3. The van der Waals surface area contributed by atoms with Crippen molar-refractivity contribution in [2.45, 2.75) is 26.6 Å². The summed E-state index contributed by atoms with van der Waals surface area (Å²) in [5, 5.41) is 9.40. The Kier molecular flexibility index (Phi) is 6.58. The van der Waals surface area contributed by atoms with E-state index in [0.717, 1.165) is 22.8 Å². The SMILES string of the molecule is [C-]#[N+]c1c(C(F)(F)F)cc(-c2ccc(Oc3ccc(O)cc3)cc2)n(Cc2ccc(C)cc2C)c1=O. The molecule has 0 spiro atoms. The predicted molar refractivity (Wildman–Crippen MR) is 131 cm³/mol. The molecule has 0 unspecified atom stereocenters. The third-order valence-electron chi connectivity index (χ3n) is 5.74. The second kappa shape index (κ2) is 9.62. The monoisotopic (exact) mass is 490 g/mol. The third kappa shape index (κ3) is 5.10. The Bertz CT molecular complexity index is 1510. The van der Waals surface area contributed by atoms with Gasteiger partial charge in [-0.3, -0.25) is 4.79 Å². The lowest BCUT2D eigenvalue weighted by Gasteiger charge is -2.19. The zero-order valence-corrected chi connectivity index (χ0v) is 19.4. The molecule has 0 aliphatic rings. The number of ether oxygens (including phenoxy) is 1. The molecule has 1 heterocycles. The van der Waals surface area contributed by atoms with Crippen molar-refractivity contribution in [2.24, 2.45) is 0 Å². The van der Waals surface area contributed by atoms with E-state index in [4.69, 9.17) is 11.3 Å². The van der Waals surface area contributed by atoms with Gasteiger partial charge in [0.2, 0.25) is 0 Å². The highest BCUT2D eigenvalue weighted by Gasteiger charge is 2.36. The Balaban J connectivity index is 1.82. The number of aromatic nitrogens is 1. The molecule has 4 rings (SSSR count). The molecular weight excluding hydrogens is 469 g/mol. The van der Waals surface area contributed by atoms with E-state index in [9.17, 15) is 23.1 Å². The Morgan fingerprint density at radius 2 is 1.56 bits per heavy atom. The van der Waals surface area contributed by atoms with E-state index in [1.54, 1.807) is 36.4 Å². The minimum Gasteiger partial charge on any atom is -0.508 e. The van der Waals surface area contributed by atoms with E-state index in [1.165, 1.54) is 16.7 Å². The van der Waals surface area contributed by atoms with Gasteiger partial charge in [0.05, 0.1) is 18.7 Å². The molecule has 182 valence electrons. The van der Waals surface area contributed by atoms with Crippen LogP contribution in [0.2, 0.25) is 0 Å². The molecule has 1 aromatic heterocycles. The number of aryl methyl sites for hydroxylation is 2. The summed E-state index contributed by atoms with van der Waals surface area (Å²) >= 11 is 0. The van der Waals surface area contributed by atoms with Crippen LogP contribution in [-0.4, -0.2) is 9.67 Å². The summed E-state index contributed by atoms with van der Waals surface area (Å²) in [6, 6.07) is 18.8. The highest BCUT2D eigenvalue weighted by atomic mass is 19.4. The number of hydrogen-bond acceptors (Lipinski definition) is 3. The van der Waals surface area contributed by atoms with Gasteiger partial charge in [0.25, 0.3) is 11.2 Å². The molecule has 0 atom stereocenters. The number of aromatic hydroxyl groups is 1. The number of hydrogen-bond donors (Lipinski definition) is 1. The number of phenols is 1. The second-order valence-corrected chi connectivity index (χ2v) is 8.34. The van der Waals surface area contributed by atoms with Gasteiger partial charge < -0.3 is 14.4 Å². The van der Waals surface area contributed by atoms with E-state index in [-0.39, 0.29) is 18.0 Å². The van der Waals surface area contributed by atoms with Gasteiger partial charge in [-0.05, 0) is 85.1 Å². The summed E-state index contributed by atoms with van der Waals surface area (Å²) in [5.41, 5.74) is -0.168. The van der Waals surface area contributed by atoms with Gasteiger partial charge in [-0.15, -0.1) is 0 Å². The smallest absolute Gasteiger partial charge is 0.407 e. The lowest BCUT2D eigenvalue weighted by Crippen LogP contribution is -2.25. The summed E-state index contributed by atoms with van der Waals surface area (Å²) < 4.78 is 48.3. The molecular formula is C28H21F3N2O3. The molecule has 1 N–H and O–H groups in total. The Morgan fingerprint density at radius 1 is 0.944 bits per heavy atom. The van der Waals surface area contributed by atoms with Crippen molar-refractivity contribution >= 4 is 5.69 Å². The molecule has 0 saturated carbocycles. The third-order valence-corrected chi connectivity index (χ3v) is 5.74. The Hall–Kier alpha value is -4.51. The van der Waals surface area contributed by atoms with Crippen LogP contribution in [0.15, 0.2) is 77.6 Å². The topological polar surface area (TPSA) is 55.8 Å². The van der Waals surface area contributed by atoms with Crippen LogP contribution >= 0.6 is 0 Å². The van der Waals surface area contributed by atoms with Crippen molar-refractivity contribution in [2.75, 3.05) is 0 Å². The molecule has 0 aliphatic heterocycles. The van der Waals surface area contributed by atoms with Gasteiger partial charge in [-0.1, -0.05) is 23.8 Å². The molecule has 0 saturated heterocycles. The van der Waals surface area contributed by atoms with Crippen LogP contribution in [0.4, 0.5) is 18.9 Å². The fourth-order valence-corrected chi connectivity index (χ4v) is 3.89. The highest BCUT2D eigenvalue weighted by Crippen LogP contribution is 2.37. The number of alkyl halides is 3. The van der Waals surface area contributed by atoms with Crippen molar-refractivity contribution < 1.29 is 23.0 Å². The summed E-state index contributed by atoms with van der Waals surface area (Å²) in [6.45, 7) is 11.0. The molecule has 8 heteroatoms. The van der Waals surface area contributed by atoms with Gasteiger partial charge in [-0.2, -0.15) is 13.2 Å². The average Bonchev–Trinajstić information content (AvgIpc) is 2.83. The fourth-order valence-electron chi connectivity index (χ4n) is 3.89. The van der Waals surface area contributed by atoms with Gasteiger partial charge >= 0.3 is 6.18 Å². The highest BCUT2D eigenvalue weighted by molar-refractivity contribution is 5.67. The number of phenolic OH excluding ortho intramolecular Hbond substituents is 1. The first-order valence-corrected chi connectivity index (χ1v) is 10.9. The molecule has 5 nitrogen and oxygen atoms in total. The van der Waals surface area contributed by atoms with Crippen LogP contribution in [-0.2, 0) is 12.7 Å². The first-order chi connectivity index (χ1) is 17.1. The summed E-state index contributed by atoms with van der Waals surface area (Å²) in [6.07, 6.45) is -4.87. The maximum absolute atomic E-state index is 13.8. The zero-order valence-electron chi connectivity index (χ0n) is 19.4. The lowest BCUT2D eigenvalue weighted by molar-refractivity contribution is -0.136. The maximum Gasteiger partial charge on any atom is 0.407 e. The first kappa shape index (κ1) is 24.6. The molecule has 36 heavy (non-hydrogen) atoms. The maximum atomic E-state index is 13.8. The minimum absolute atomic E-state index is 0.00664. The number of halogens is 3. The lowest BCUT2D eigenvalue weighted by atomic mass is 10.0. The Morgan fingerprint density at radius 3 is 2.11 bits per heavy atom. The minimum atomic E-state index is -4.87. The number of pyridine rings is 1. The van der Waals surface area contributed by atoms with Crippen LogP contribution in [0.3, 0.4) is 0 Å². The van der Waals surface area contributed by atoms with Crippen LogP contribution in [0.25, 0.3) is 16.1 Å². The van der Waals surface area contributed by atoms with Gasteiger partial charge in [0.15, 0.2) is 0 Å². The quantitative estimate of drug-likeness (QED) is 0.300. The summed E-state index contributed by atoms with van der Waals surface area (Å²) in [7, 11) is 0. The molecule has 0 amide bonds. The molecule has 0 aliphatic carbocycles. The number of rotatable bonds is 5. The average molecular weight is 490 g/mol. The van der Waals surface area contributed by atoms with Gasteiger partial charge in [0.1, 0.15) is 17.2 Å². The molecule has 0 radical (unpaired) electrons. The largest absolute Gasteiger partial charge is 0.508 e. The first-order valence-electron chi connectivity index (χ1n) is 10.9. The van der Waals surface area contributed by atoms with Crippen molar-refractivity contribution in [3.63, 3.8) is 0 Å². The molecule has 3 aromatic carbocycles. The second-order valence-electron chi connectivity index (χ2n) is 8.34. The van der Waals surface area contributed by atoms with Crippen LogP contribution in [0.1, 0.15) is 22.3 Å². The molecule has 0 fully saturated rings. The van der Waals surface area contributed by atoms with Gasteiger partial charge in [0, 0.05) is 5.69 Å². The van der Waals surface area contributed by atoms with E-state index in [2.05, 4.69) is 4.85 Å². The molecule has 4 aromatic rings. The van der Waals surface area contributed by atoms with Crippen molar-refractivity contribution in [1.82, 2.24) is 4.57 Å².